The van der Waals surface area contributed by atoms with Gasteiger partial charge in [0.25, 0.3) is 5.91 Å². The summed E-state index contributed by atoms with van der Waals surface area (Å²) in [6, 6.07) is 12.6. The van der Waals surface area contributed by atoms with E-state index in [2.05, 4.69) is 15.6 Å². The molecule has 2 N–H and O–H groups in total. The third kappa shape index (κ3) is 5.53. The maximum atomic E-state index is 12.7. The van der Waals surface area contributed by atoms with Crippen LogP contribution in [0.2, 0.25) is 0 Å². The van der Waals surface area contributed by atoms with Gasteiger partial charge in [0.15, 0.2) is 0 Å². The number of ether oxygens (including phenoxy) is 1. The van der Waals surface area contributed by atoms with Crippen LogP contribution >= 0.6 is 0 Å². The summed E-state index contributed by atoms with van der Waals surface area (Å²) < 4.78 is 5.68. The Kier molecular flexibility index (Phi) is 6.60. The molecule has 2 aromatic rings. The fraction of sp³-hybridized carbons (Fsp3) is 0.381. The zero-order valence-corrected chi connectivity index (χ0v) is 16.2. The first-order valence-corrected chi connectivity index (χ1v) is 9.46. The maximum Gasteiger partial charge on any atom is 0.315 e. The van der Waals surface area contributed by atoms with E-state index in [4.69, 9.17) is 4.74 Å². The van der Waals surface area contributed by atoms with Crippen molar-refractivity contribution in [3.05, 3.63) is 65.5 Å². The minimum atomic E-state index is -0.262. The number of amides is 3. The van der Waals surface area contributed by atoms with Gasteiger partial charge in [-0.25, -0.2) is 4.79 Å². The van der Waals surface area contributed by atoms with Crippen LogP contribution in [0.1, 0.15) is 35.5 Å². The first kappa shape index (κ1) is 19.8. The summed E-state index contributed by atoms with van der Waals surface area (Å²) in [7, 11) is 0. The Hall–Kier alpha value is -2.93. The lowest BCUT2D eigenvalue weighted by atomic mass is 10.1. The summed E-state index contributed by atoms with van der Waals surface area (Å²) in [5.41, 5.74) is 2.37. The molecule has 0 spiro atoms. The molecule has 0 aliphatic carbocycles. The molecule has 1 aromatic carbocycles. The van der Waals surface area contributed by atoms with Crippen LogP contribution in [-0.4, -0.2) is 47.1 Å². The number of nitrogens with zero attached hydrogens (tertiary/aromatic N) is 2. The van der Waals surface area contributed by atoms with Crippen molar-refractivity contribution in [1.82, 2.24) is 20.5 Å². The topological polar surface area (TPSA) is 83.6 Å². The van der Waals surface area contributed by atoms with Crippen LogP contribution in [0.4, 0.5) is 4.79 Å². The Bertz CT molecular complexity index is 785. The molecule has 0 bridgehead atoms. The van der Waals surface area contributed by atoms with Gasteiger partial charge in [0.2, 0.25) is 0 Å². The van der Waals surface area contributed by atoms with Crippen molar-refractivity contribution in [2.24, 2.45) is 0 Å². The van der Waals surface area contributed by atoms with E-state index in [1.54, 1.807) is 18.3 Å². The Labute approximate surface area is 165 Å². The number of hydrogen-bond donors (Lipinski definition) is 2. The van der Waals surface area contributed by atoms with Crippen molar-refractivity contribution in [3.8, 4) is 0 Å². The molecule has 3 rings (SSSR count). The van der Waals surface area contributed by atoms with Crippen LogP contribution < -0.4 is 10.6 Å². The van der Waals surface area contributed by atoms with Gasteiger partial charge in [0.1, 0.15) is 0 Å². The highest BCUT2D eigenvalue weighted by Crippen LogP contribution is 2.15. The molecule has 2 atom stereocenters. The van der Waals surface area contributed by atoms with Gasteiger partial charge in [0.05, 0.1) is 24.4 Å². The van der Waals surface area contributed by atoms with Gasteiger partial charge in [-0.3, -0.25) is 9.78 Å². The van der Waals surface area contributed by atoms with Gasteiger partial charge in [0, 0.05) is 31.4 Å². The molecule has 2 heterocycles. The quantitative estimate of drug-likeness (QED) is 0.831. The molecule has 1 saturated heterocycles. The molecule has 28 heavy (non-hydrogen) atoms. The first-order chi connectivity index (χ1) is 13.5. The van der Waals surface area contributed by atoms with Crippen LogP contribution in [0.5, 0.6) is 0 Å². The SMILES string of the molecule is CC1CN(C(=O)c2ccc(CNC(=O)NCc3ccccn3)cc2)CC(C)O1. The summed E-state index contributed by atoms with van der Waals surface area (Å²) in [4.78, 5) is 30.6. The van der Waals surface area contributed by atoms with Crippen molar-refractivity contribution in [1.29, 1.82) is 0 Å². The lowest BCUT2D eigenvalue weighted by molar-refractivity contribution is -0.0586. The molecule has 3 amide bonds. The maximum absolute atomic E-state index is 12.7. The van der Waals surface area contributed by atoms with Crippen molar-refractivity contribution in [2.75, 3.05) is 13.1 Å². The summed E-state index contributed by atoms with van der Waals surface area (Å²) in [5, 5.41) is 5.57. The Morgan fingerprint density at radius 2 is 1.71 bits per heavy atom. The number of pyridine rings is 1. The molecule has 1 aromatic heterocycles. The van der Waals surface area contributed by atoms with E-state index in [0.717, 1.165) is 11.3 Å². The molecular formula is C21H26N4O3. The number of carbonyl (C=O) groups is 2. The second kappa shape index (κ2) is 9.32. The summed E-state index contributed by atoms with van der Waals surface area (Å²) in [6.45, 7) is 5.91. The van der Waals surface area contributed by atoms with Gasteiger partial charge in [-0.15, -0.1) is 0 Å². The highest BCUT2D eigenvalue weighted by Gasteiger charge is 2.26. The van der Waals surface area contributed by atoms with Gasteiger partial charge in [-0.1, -0.05) is 18.2 Å². The normalized spacial score (nSPS) is 19.1. The summed E-state index contributed by atoms with van der Waals surface area (Å²) in [5.74, 6) is 0.00890. The number of nitrogens with one attached hydrogen (secondary N) is 2. The molecule has 1 aliphatic rings. The highest BCUT2D eigenvalue weighted by molar-refractivity contribution is 5.94. The van der Waals surface area contributed by atoms with E-state index in [0.29, 0.717) is 31.7 Å². The summed E-state index contributed by atoms with van der Waals surface area (Å²) >= 11 is 0. The number of rotatable bonds is 5. The number of benzene rings is 1. The Balaban J connectivity index is 1.47. The monoisotopic (exact) mass is 382 g/mol. The lowest BCUT2D eigenvalue weighted by Gasteiger charge is -2.35. The molecule has 2 unspecified atom stereocenters. The molecule has 7 nitrogen and oxygen atoms in total. The number of morpholine rings is 1. The third-order valence-electron chi connectivity index (χ3n) is 4.52. The molecule has 0 saturated carbocycles. The predicted molar refractivity (Wildman–Crippen MR) is 106 cm³/mol. The predicted octanol–water partition coefficient (Wildman–Crippen LogP) is 2.33. The van der Waals surface area contributed by atoms with Gasteiger partial charge < -0.3 is 20.3 Å². The molecule has 1 fully saturated rings. The molecule has 148 valence electrons. The molecule has 0 radical (unpaired) electrons. The van der Waals surface area contributed by atoms with Crippen molar-refractivity contribution in [3.63, 3.8) is 0 Å². The molecule has 1 aliphatic heterocycles. The molecular weight excluding hydrogens is 356 g/mol. The van der Waals surface area contributed by atoms with Crippen molar-refractivity contribution in [2.45, 2.75) is 39.1 Å². The van der Waals surface area contributed by atoms with Crippen LogP contribution in [0.25, 0.3) is 0 Å². The van der Waals surface area contributed by atoms with Crippen molar-refractivity contribution < 1.29 is 14.3 Å². The van der Waals surface area contributed by atoms with Crippen LogP contribution in [0.15, 0.2) is 48.7 Å². The first-order valence-electron chi connectivity index (χ1n) is 9.46. The minimum Gasteiger partial charge on any atom is -0.372 e. The lowest BCUT2D eigenvalue weighted by Crippen LogP contribution is -2.48. The van der Waals surface area contributed by atoms with Gasteiger partial charge in [-0.05, 0) is 43.7 Å². The van der Waals surface area contributed by atoms with Crippen LogP contribution in [-0.2, 0) is 17.8 Å². The van der Waals surface area contributed by atoms with E-state index < -0.39 is 0 Å². The minimum absolute atomic E-state index is 0.00890. The standard InChI is InChI=1S/C21H26N4O3/c1-15-13-25(14-16(2)28-15)20(26)18-8-6-17(7-9-18)11-23-21(27)24-12-19-5-3-4-10-22-19/h3-10,15-16H,11-14H2,1-2H3,(H2,23,24,27). The number of urea groups is 1. The Morgan fingerprint density at radius 3 is 2.36 bits per heavy atom. The van der Waals surface area contributed by atoms with E-state index in [1.807, 2.05) is 49.1 Å². The van der Waals surface area contributed by atoms with Gasteiger partial charge in [-0.2, -0.15) is 0 Å². The number of hydrogen-bond acceptors (Lipinski definition) is 4. The second-order valence-corrected chi connectivity index (χ2v) is 7.02. The fourth-order valence-corrected chi connectivity index (χ4v) is 3.21. The molecule has 7 heteroatoms. The zero-order valence-electron chi connectivity index (χ0n) is 16.2. The van der Waals surface area contributed by atoms with Crippen LogP contribution in [0.3, 0.4) is 0 Å². The fourth-order valence-electron chi connectivity index (χ4n) is 3.21. The Morgan fingerprint density at radius 1 is 1.04 bits per heavy atom. The largest absolute Gasteiger partial charge is 0.372 e. The van der Waals surface area contributed by atoms with Crippen molar-refractivity contribution >= 4 is 11.9 Å². The smallest absolute Gasteiger partial charge is 0.315 e. The summed E-state index contributed by atoms with van der Waals surface area (Å²) in [6.07, 6.45) is 1.78. The number of aromatic nitrogens is 1. The average molecular weight is 382 g/mol. The van der Waals surface area contributed by atoms with Crippen LogP contribution in [0, 0.1) is 0 Å². The van der Waals surface area contributed by atoms with Gasteiger partial charge >= 0.3 is 6.03 Å². The highest BCUT2D eigenvalue weighted by atomic mass is 16.5. The third-order valence-corrected chi connectivity index (χ3v) is 4.52. The second-order valence-electron chi connectivity index (χ2n) is 7.02. The van der Waals surface area contributed by atoms with E-state index >= 15 is 0 Å². The number of carbonyl (C=O) groups excluding carboxylic acids is 2. The van der Waals surface area contributed by atoms with E-state index in [9.17, 15) is 9.59 Å². The average Bonchev–Trinajstić information content (AvgIpc) is 2.70. The van der Waals surface area contributed by atoms with E-state index in [-0.39, 0.29) is 24.1 Å². The van der Waals surface area contributed by atoms with E-state index in [1.165, 1.54) is 0 Å². The zero-order chi connectivity index (χ0) is 19.9.